The van der Waals surface area contributed by atoms with Gasteiger partial charge in [0.05, 0.1) is 0 Å². The lowest BCUT2D eigenvalue weighted by Crippen LogP contribution is -1.88. The van der Waals surface area contributed by atoms with Gasteiger partial charge >= 0.3 is 0 Å². The summed E-state index contributed by atoms with van der Waals surface area (Å²) in [5, 5.41) is 0. The van der Waals surface area contributed by atoms with Crippen LogP contribution in [0.1, 0.15) is 11.1 Å². The second-order valence-corrected chi connectivity index (χ2v) is 4.53. The molecule has 2 aromatic carbocycles. The molecule has 0 saturated heterocycles. The van der Waals surface area contributed by atoms with Crippen molar-refractivity contribution in [3.8, 4) is 0 Å². The van der Waals surface area contributed by atoms with Crippen LogP contribution < -0.4 is 0 Å². The molecule has 0 aliphatic heterocycles. The van der Waals surface area contributed by atoms with Gasteiger partial charge < -0.3 is 0 Å². The van der Waals surface area contributed by atoms with Gasteiger partial charge in [-0.25, -0.2) is 4.39 Å². The average molecular weight is 232 g/mol. The first-order chi connectivity index (χ1) is 7.78. The van der Waals surface area contributed by atoms with Crippen LogP contribution in [0.25, 0.3) is 0 Å². The van der Waals surface area contributed by atoms with Gasteiger partial charge in [0.2, 0.25) is 0 Å². The lowest BCUT2D eigenvalue weighted by Gasteiger charge is -2.03. The Bertz CT molecular complexity index is 445. The Kier molecular flexibility index (Phi) is 3.62. The number of rotatable bonds is 3. The third-order valence-corrected chi connectivity index (χ3v) is 3.22. The molecule has 0 amide bonds. The summed E-state index contributed by atoms with van der Waals surface area (Å²) in [5.74, 6) is -0.179. The van der Waals surface area contributed by atoms with Crippen LogP contribution in [-0.4, -0.2) is 6.26 Å². The van der Waals surface area contributed by atoms with Crippen molar-refractivity contribution in [2.75, 3.05) is 6.26 Å². The van der Waals surface area contributed by atoms with Crippen molar-refractivity contribution < 1.29 is 4.39 Å². The SMILES string of the molecule is CSc1ccc(Cc2ccc(F)cc2)cc1. The van der Waals surface area contributed by atoms with Crippen LogP contribution in [0.5, 0.6) is 0 Å². The maximum Gasteiger partial charge on any atom is 0.123 e. The fourth-order valence-electron chi connectivity index (χ4n) is 1.58. The highest BCUT2D eigenvalue weighted by Crippen LogP contribution is 2.17. The molecule has 0 fully saturated rings. The van der Waals surface area contributed by atoms with E-state index in [2.05, 4.69) is 30.5 Å². The standard InChI is InChI=1S/C14H13FS/c1-16-14-8-4-12(5-9-14)10-11-2-6-13(15)7-3-11/h2-9H,10H2,1H3. The van der Waals surface area contributed by atoms with Gasteiger partial charge in [0.1, 0.15) is 5.82 Å². The monoisotopic (exact) mass is 232 g/mol. The van der Waals surface area contributed by atoms with E-state index in [1.54, 1.807) is 11.8 Å². The van der Waals surface area contributed by atoms with Crippen molar-refractivity contribution in [2.24, 2.45) is 0 Å². The second kappa shape index (κ2) is 5.17. The van der Waals surface area contributed by atoms with Gasteiger partial charge in [0.15, 0.2) is 0 Å². The summed E-state index contributed by atoms with van der Waals surface area (Å²) in [7, 11) is 0. The van der Waals surface area contributed by atoms with Crippen molar-refractivity contribution >= 4 is 11.8 Å². The first-order valence-corrected chi connectivity index (χ1v) is 6.38. The topological polar surface area (TPSA) is 0 Å². The van der Waals surface area contributed by atoms with E-state index in [-0.39, 0.29) is 5.82 Å². The summed E-state index contributed by atoms with van der Waals surface area (Å²) in [6.07, 6.45) is 2.92. The molecule has 0 heterocycles. The molecule has 0 unspecified atom stereocenters. The summed E-state index contributed by atoms with van der Waals surface area (Å²) in [5.41, 5.74) is 2.39. The molecule has 16 heavy (non-hydrogen) atoms. The zero-order chi connectivity index (χ0) is 11.4. The van der Waals surface area contributed by atoms with Crippen LogP contribution in [0, 0.1) is 5.82 Å². The lowest BCUT2D eigenvalue weighted by molar-refractivity contribution is 0.627. The molecule has 0 atom stereocenters. The molecule has 0 aliphatic rings. The van der Waals surface area contributed by atoms with E-state index in [9.17, 15) is 4.39 Å². The minimum atomic E-state index is -0.179. The van der Waals surface area contributed by atoms with Crippen molar-refractivity contribution in [1.82, 2.24) is 0 Å². The molecule has 0 radical (unpaired) electrons. The number of thioether (sulfide) groups is 1. The highest BCUT2D eigenvalue weighted by Gasteiger charge is 1.97. The van der Waals surface area contributed by atoms with E-state index in [1.807, 2.05) is 12.1 Å². The molecule has 0 aliphatic carbocycles. The second-order valence-electron chi connectivity index (χ2n) is 3.65. The number of benzene rings is 2. The predicted molar refractivity (Wildman–Crippen MR) is 67.4 cm³/mol. The summed E-state index contributed by atoms with van der Waals surface area (Å²) in [6, 6.07) is 15.1. The van der Waals surface area contributed by atoms with Crippen molar-refractivity contribution in [3.05, 3.63) is 65.5 Å². The molecule has 0 N–H and O–H groups in total. The van der Waals surface area contributed by atoms with Gasteiger partial charge in [-0.1, -0.05) is 24.3 Å². The minimum absolute atomic E-state index is 0.179. The van der Waals surface area contributed by atoms with Crippen LogP contribution >= 0.6 is 11.8 Å². The third kappa shape index (κ3) is 2.86. The third-order valence-electron chi connectivity index (χ3n) is 2.48. The van der Waals surface area contributed by atoms with E-state index in [0.29, 0.717) is 0 Å². The normalized spacial score (nSPS) is 10.4. The molecular formula is C14H13FS. The van der Waals surface area contributed by atoms with Crippen LogP contribution in [0.3, 0.4) is 0 Å². The van der Waals surface area contributed by atoms with Crippen LogP contribution in [0.4, 0.5) is 4.39 Å². The van der Waals surface area contributed by atoms with E-state index < -0.39 is 0 Å². The van der Waals surface area contributed by atoms with Crippen molar-refractivity contribution in [2.45, 2.75) is 11.3 Å². The Morgan fingerprint density at radius 2 is 1.38 bits per heavy atom. The fraction of sp³-hybridized carbons (Fsp3) is 0.143. The molecule has 0 aromatic heterocycles. The average Bonchev–Trinajstić information content (AvgIpc) is 2.33. The maximum atomic E-state index is 12.7. The van der Waals surface area contributed by atoms with Gasteiger partial charge in [-0.3, -0.25) is 0 Å². The highest BCUT2D eigenvalue weighted by atomic mass is 32.2. The zero-order valence-electron chi connectivity index (χ0n) is 9.11. The van der Waals surface area contributed by atoms with Crippen LogP contribution in [-0.2, 0) is 6.42 Å². The minimum Gasteiger partial charge on any atom is -0.207 e. The summed E-state index contributed by atoms with van der Waals surface area (Å²) < 4.78 is 12.7. The predicted octanol–water partition coefficient (Wildman–Crippen LogP) is 4.14. The Hall–Kier alpha value is -1.28. The fourth-order valence-corrected chi connectivity index (χ4v) is 1.99. The molecule has 82 valence electrons. The number of hydrogen-bond donors (Lipinski definition) is 0. The molecule has 2 rings (SSSR count). The van der Waals surface area contributed by atoms with E-state index >= 15 is 0 Å². The molecule has 0 saturated carbocycles. The quantitative estimate of drug-likeness (QED) is 0.717. The van der Waals surface area contributed by atoms with Crippen LogP contribution in [0.15, 0.2) is 53.4 Å². The zero-order valence-corrected chi connectivity index (χ0v) is 9.93. The number of hydrogen-bond acceptors (Lipinski definition) is 1. The van der Waals surface area contributed by atoms with Gasteiger partial charge in [0, 0.05) is 4.90 Å². The van der Waals surface area contributed by atoms with Gasteiger partial charge in [0.25, 0.3) is 0 Å². The summed E-state index contributed by atoms with van der Waals surface area (Å²) >= 11 is 1.74. The largest absolute Gasteiger partial charge is 0.207 e. The molecule has 0 nitrogen and oxygen atoms in total. The van der Waals surface area contributed by atoms with Crippen molar-refractivity contribution in [1.29, 1.82) is 0 Å². The van der Waals surface area contributed by atoms with Crippen molar-refractivity contribution in [3.63, 3.8) is 0 Å². The molecular weight excluding hydrogens is 219 g/mol. The van der Waals surface area contributed by atoms with E-state index in [4.69, 9.17) is 0 Å². The number of halogens is 1. The first kappa shape index (κ1) is 11.2. The van der Waals surface area contributed by atoms with E-state index in [0.717, 1.165) is 12.0 Å². The van der Waals surface area contributed by atoms with Gasteiger partial charge in [-0.05, 0) is 48.1 Å². The Morgan fingerprint density at radius 3 is 1.88 bits per heavy atom. The Morgan fingerprint density at radius 1 is 0.875 bits per heavy atom. The van der Waals surface area contributed by atoms with E-state index in [1.165, 1.54) is 22.6 Å². The Balaban J connectivity index is 2.11. The smallest absolute Gasteiger partial charge is 0.123 e. The van der Waals surface area contributed by atoms with Gasteiger partial charge in [-0.15, -0.1) is 11.8 Å². The molecule has 0 bridgehead atoms. The molecule has 2 aromatic rings. The lowest BCUT2D eigenvalue weighted by atomic mass is 10.1. The van der Waals surface area contributed by atoms with Gasteiger partial charge in [-0.2, -0.15) is 0 Å². The maximum absolute atomic E-state index is 12.7. The molecule has 0 spiro atoms. The molecule has 2 heteroatoms. The first-order valence-electron chi connectivity index (χ1n) is 5.15. The summed E-state index contributed by atoms with van der Waals surface area (Å²) in [4.78, 5) is 1.27. The summed E-state index contributed by atoms with van der Waals surface area (Å²) in [6.45, 7) is 0. The van der Waals surface area contributed by atoms with Crippen LogP contribution in [0.2, 0.25) is 0 Å². The highest BCUT2D eigenvalue weighted by molar-refractivity contribution is 7.98. The Labute approximate surface area is 99.5 Å².